The third-order valence-corrected chi connectivity index (χ3v) is 2.27. The molecule has 15 heavy (non-hydrogen) atoms. The maximum atomic E-state index is 11.4. The minimum atomic E-state index is -0.248. The minimum absolute atomic E-state index is 0.0173. The number of unbranched alkanes of at least 4 members (excludes halogenated alkanes) is 1. The minimum Gasteiger partial charge on any atom is -0.368 e. The summed E-state index contributed by atoms with van der Waals surface area (Å²) >= 11 is 0. The van der Waals surface area contributed by atoms with Crippen molar-refractivity contribution in [3.8, 4) is 0 Å². The van der Waals surface area contributed by atoms with E-state index in [1.807, 2.05) is 0 Å². The van der Waals surface area contributed by atoms with Crippen molar-refractivity contribution >= 4 is 5.91 Å². The van der Waals surface area contributed by atoms with Gasteiger partial charge in [-0.05, 0) is 31.2 Å². The molecular weight excluding hydrogens is 196 g/mol. The van der Waals surface area contributed by atoms with E-state index in [0.29, 0.717) is 19.7 Å². The van der Waals surface area contributed by atoms with Gasteiger partial charge in [-0.15, -0.1) is 0 Å². The second-order valence-electron chi connectivity index (χ2n) is 3.45. The van der Waals surface area contributed by atoms with Crippen LogP contribution in [0.2, 0.25) is 0 Å². The molecule has 0 aliphatic carbocycles. The van der Waals surface area contributed by atoms with Crippen molar-refractivity contribution in [2.24, 2.45) is 5.11 Å². The lowest BCUT2D eigenvalue weighted by Crippen LogP contribution is -2.34. The number of nitrogens with zero attached hydrogens (tertiary/aromatic N) is 3. The van der Waals surface area contributed by atoms with Crippen molar-refractivity contribution in [1.29, 1.82) is 0 Å². The van der Waals surface area contributed by atoms with Crippen LogP contribution in [0.25, 0.3) is 10.4 Å². The van der Waals surface area contributed by atoms with Crippen LogP contribution in [0, 0.1) is 0 Å². The summed E-state index contributed by atoms with van der Waals surface area (Å²) < 4.78 is 5.23. The fourth-order valence-corrected chi connectivity index (χ4v) is 1.46. The summed E-state index contributed by atoms with van der Waals surface area (Å²) in [5.41, 5.74) is 8.03. The van der Waals surface area contributed by atoms with Gasteiger partial charge < -0.3 is 10.1 Å². The zero-order valence-electron chi connectivity index (χ0n) is 8.69. The maximum absolute atomic E-state index is 11.4. The van der Waals surface area contributed by atoms with Crippen LogP contribution in [-0.2, 0) is 9.53 Å². The summed E-state index contributed by atoms with van der Waals surface area (Å²) in [6.07, 6.45) is 3.18. The van der Waals surface area contributed by atoms with Crippen LogP contribution in [0.5, 0.6) is 0 Å². The lowest BCUT2D eigenvalue weighted by molar-refractivity contribution is -0.130. The highest BCUT2D eigenvalue weighted by atomic mass is 16.5. The number of nitrogens with one attached hydrogen (secondary N) is 1. The van der Waals surface area contributed by atoms with Crippen LogP contribution in [0.1, 0.15) is 25.7 Å². The van der Waals surface area contributed by atoms with Crippen molar-refractivity contribution < 1.29 is 9.53 Å². The van der Waals surface area contributed by atoms with Gasteiger partial charge in [-0.25, -0.2) is 0 Å². The van der Waals surface area contributed by atoms with Crippen LogP contribution in [0.15, 0.2) is 5.11 Å². The molecule has 1 aliphatic rings. The van der Waals surface area contributed by atoms with Gasteiger partial charge in [-0.1, -0.05) is 5.11 Å². The molecule has 1 aliphatic heterocycles. The van der Waals surface area contributed by atoms with Gasteiger partial charge in [0.15, 0.2) is 0 Å². The monoisotopic (exact) mass is 212 g/mol. The van der Waals surface area contributed by atoms with Gasteiger partial charge in [0.25, 0.3) is 0 Å². The van der Waals surface area contributed by atoms with Crippen LogP contribution < -0.4 is 5.32 Å². The lowest BCUT2D eigenvalue weighted by atomic mass is 10.2. The Morgan fingerprint density at radius 2 is 2.47 bits per heavy atom. The quantitative estimate of drug-likeness (QED) is 0.312. The number of carbonyl (C=O) groups is 1. The van der Waals surface area contributed by atoms with Gasteiger partial charge >= 0.3 is 0 Å². The van der Waals surface area contributed by atoms with Crippen LogP contribution >= 0.6 is 0 Å². The molecular formula is C9H16N4O2. The van der Waals surface area contributed by atoms with Gasteiger partial charge in [0.05, 0.1) is 0 Å². The molecule has 0 aromatic rings. The number of rotatable bonds is 6. The fraction of sp³-hybridized carbons (Fsp3) is 0.889. The Morgan fingerprint density at radius 1 is 1.60 bits per heavy atom. The molecule has 0 radical (unpaired) electrons. The third-order valence-electron chi connectivity index (χ3n) is 2.27. The Morgan fingerprint density at radius 3 is 3.13 bits per heavy atom. The Bertz CT molecular complexity index is 244. The molecule has 0 spiro atoms. The molecule has 0 bridgehead atoms. The molecule has 0 saturated carbocycles. The smallest absolute Gasteiger partial charge is 0.249 e. The van der Waals surface area contributed by atoms with E-state index in [-0.39, 0.29) is 12.0 Å². The van der Waals surface area contributed by atoms with E-state index >= 15 is 0 Å². The van der Waals surface area contributed by atoms with Gasteiger partial charge in [0.2, 0.25) is 5.91 Å². The highest BCUT2D eigenvalue weighted by molar-refractivity contribution is 5.80. The van der Waals surface area contributed by atoms with Crippen molar-refractivity contribution in [2.45, 2.75) is 31.8 Å². The summed E-state index contributed by atoms with van der Waals surface area (Å²) in [5, 5.41) is 6.21. The normalized spacial score (nSPS) is 19.6. The largest absolute Gasteiger partial charge is 0.368 e. The first-order chi connectivity index (χ1) is 7.34. The Balaban J connectivity index is 1.99. The van der Waals surface area contributed by atoms with E-state index in [1.54, 1.807) is 0 Å². The molecule has 1 rings (SSSR count). The van der Waals surface area contributed by atoms with Crippen molar-refractivity contribution in [1.82, 2.24) is 5.32 Å². The van der Waals surface area contributed by atoms with E-state index in [2.05, 4.69) is 15.3 Å². The maximum Gasteiger partial charge on any atom is 0.249 e. The van der Waals surface area contributed by atoms with Crippen molar-refractivity contribution in [2.75, 3.05) is 19.7 Å². The van der Waals surface area contributed by atoms with E-state index in [0.717, 1.165) is 25.7 Å². The topological polar surface area (TPSA) is 87.1 Å². The average Bonchev–Trinajstić information content (AvgIpc) is 2.76. The second kappa shape index (κ2) is 7.09. The molecule has 84 valence electrons. The van der Waals surface area contributed by atoms with Gasteiger partial charge in [-0.3, -0.25) is 4.79 Å². The Labute approximate surface area is 88.6 Å². The average molecular weight is 212 g/mol. The Kier molecular flexibility index (Phi) is 5.58. The summed E-state index contributed by atoms with van der Waals surface area (Å²) in [4.78, 5) is 14.1. The molecule has 6 nitrogen and oxygen atoms in total. The molecule has 1 heterocycles. The van der Waals surface area contributed by atoms with Gasteiger partial charge in [0.1, 0.15) is 6.10 Å². The number of hydrogen-bond donors (Lipinski definition) is 1. The summed E-state index contributed by atoms with van der Waals surface area (Å²) in [6.45, 7) is 1.81. The first-order valence-electron chi connectivity index (χ1n) is 5.25. The van der Waals surface area contributed by atoms with Gasteiger partial charge in [-0.2, -0.15) is 0 Å². The second-order valence-corrected chi connectivity index (χ2v) is 3.45. The molecule has 1 amide bonds. The van der Waals surface area contributed by atoms with Crippen LogP contribution in [0.4, 0.5) is 0 Å². The predicted octanol–water partition coefficient (Wildman–Crippen LogP) is 1.37. The predicted molar refractivity (Wildman–Crippen MR) is 55.2 cm³/mol. The highest BCUT2D eigenvalue weighted by Crippen LogP contribution is 2.11. The summed E-state index contributed by atoms with van der Waals surface area (Å²) in [5.74, 6) is -0.0173. The molecule has 1 unspecified atom stereocenters. The van der Waals surface area contributed by atoms with E-state index in [4.69, 9.17) is 10.3 Å². The molecule has 1 N–H and O–H groups in total. The molecule has 0 aromatic carbocycles. The first kappa shape index (κ1) is 11.8. The Hall–Kier alpha value is -1.26. The zero-order valence-corrected chi connectivity index (χ0v) is 8.69. The highest BCUT2D eigenvalue weighted by Gasteiger charge is 2.22. The number of azide groups is 1. The first-order valence-corrected chi connectivity index (χ1v) is 5.25. The summed E-state index contributed by atoms with van der Waals surface area (Å²) in [7, 11) is 0. The van der Waals surface area contributed by atoms with E-state index in [9.17, 15) is 4.79 Å². The number of carbonyl (C=O) groups excluding carboxylic acids is 1. The third kappa shape index (κ3) is 4.67. The molecule has 1 fully saturated rings. The molecule has 6 heteroatoms. The zero-order chi connectivity index (χ0) is 10.9. The van der Waals surface area contributed by atoms with Crippen molar-refractivity contribution in [3.63, 3.8) is 0 Å². The lowest BCUT2D eigenvalue weighted by Gasteiger charge is -2.09. The number of ether oxygens (including phenoxy) is 1. The van der Waals surface area contributed by atoms with E-state index in [1.165, 1.54) is 0 Å². The molecule has 1 saturated heterocycles. The standard InChI is InChI=1S/C9H16N4O2/c10-13-12-6-2-1-5-11-9(14)8-4-3-7-15-8/h8H,1-7H2,(H,11,14). The number of hydrogen-bond acceptors (Lipinski definition) is 3. The van der Waals surface area contributed by atoms with Gasteiger partial charge in [0, 0.05) is 24.6 Å². The molecule has 1 atom stereocenters. The van der Waals surface area contributed by atoms with Crippen molar-refractivity contribution in [3.05, 3.63) is 10.4 Å². The van der Waals surface area contributed by atoms with E-state index < -0.39 is 0 Å². The van der Waals surface area contributed by atoms with Crippen LogP contribution in [-0.4, -0.2) is 31.7 Å². The molecule has 0 aromatic heterocycles. The number of amides is 1. The fourth-order valence-electron chi connectivity index (χ4n) is 1.46. The SMILES string of the molecule is [N-]=[N+]=NCCCCNC(=O)C1CCCO1. The summed E-state index contributed by atoms with van der Waals surface area (Å²) in [6, 6.07) is 0. The van der Waals surface area contributed by atoms with Crippen LogP contribution in [0.3, 0.4) is 0 Å².